The van der Waals surface area contributed by atoms with E-state index in [1.807, 2.05) is 27.7 Å². The summed E-state index contributed by atoms with van der Waals surface area (Å²) in [6.45, 7) is 17.7. The molecule has 2 amide bonds. The zero-order valence-electron chi connectivity index (χ0n) is 36.1. The lowest BCUT2D eigenvalue weighted by Gasteiger charge is -2.17. The number of azo groups is 2. The molecule has 4 N–H and O–H groups in total. The molecule has 2 unspecified atom stereocenters. The van der Waals surface area contributed by atoms with Gasteiger partial charge >= 0.3 is 0 Å². The molecule has 0 aliphatic heterocycles. The van der Waals surface area contributed by atoms with Crippen LogP contribution in [0.15, 0.2) is 90.9 Å². The summed E-state index contributed by atoms with van der Waals surface area (Å²) in [6, 6.07) is 10.6. The average molecular weight is 918 g/mol. The van der Waals surface area contributed by atoms with E-state index in [1.165, 1.54) is 67.6 Å². The summed E-state index contributed by atoms with van der Waals surface area (Å²) in [5, 5.41) is 20.9. The number of carbonyl (C=O) groups is 4. The molecule has 62 heavy (non-hydrogen) atoms. The van der Waals surface area contributed by atoms with Crippen molar-refractivity contribution in [1.29, 1.82) is 0 Å². The number of rotatable bonds is 26. The molecule has 0 bridgehead atoms. The highest BCUT2D eigenvalue weighted by atomic mass is 35.5. The van der Waals surface area contributed by atoms with Crippen molar-refractivity contribution < 1.29 is 36.0 Å². The summed E-state index contributed by atoms with van der Waals surface area (Å²) < 4.78 is 56.1. The molecule has 0 aromatic heterocycles. The molecule has 0 saturated heterocycles. The molecule has 338 valence electrons. The van der Waals surface area contributed by atoms with E-state index in [2.05, 4.69) is 50.3 Å². The molecule has 0 spiro atoms. The zero-order valence-corrected chi connectivity index (χ0v) is 38.5. The minimum absolute atomic E-state index is 0.0219. The maximum atomic E-state index is 13.2. The van der Waals surface area contributed by atoms with Gasteiger partial charge in [0.1, 0.15) is 0 Å². The summed E-state index contributed by atoms with van der Waals surface area (Å²) in [5.41, 5.74) is 1.12. The van der Waals surface area contributed by atoms with Gasteiger partial charge in [-0.2, -0.15) is 20.5 Å². The second-order valence-electron chi connectivity index (χ2n) is 14.1. The number of sulfonamides is 2. The lowest BCUT2D eigenvalue weighted by molar-refractivity contribution is -0.127. The fourth-order valence-corrected chi connectivity index (χ4v) is 8.21. The number of nitrogens with zero attached hydrogens (tertiary/aromatic N) is 6. The predicted molar refractivity (Wildman–Crippen MR) is 239 cm³/mol. The first kappa shape index (κ1) is 51.5. The van der Waals surface area contributed by atoms with Gasteiger partial charge < -0.3 is 20.4 Å². The first-order chi connectivity index (χ1) is 29.3. The highest BCUT2D eigenvalue weighted by molar-refractivity contribution is 7.89. The van der Waals surface area contributed by atoms with E-state index >= 15 is 0 Å². The molecule has 21 heteroatoms. The number of Topliss-reactive ketones (excluding diaryl/α,β-unsaturated/α-hetero) is 2. The molecule has 0 saturated carbocycles. The lowest BCUT2D eigenvalue weighted by atomic mass is 10.1. The van der Waals surface area contributed by atoms with Gasteiger partial charge in [0.05, 0.1) is 31.9 Å². The van der Waals surface area contributed by atoms with Crippen molar-refractivity contribution >= 4 is 77.8 Å². The third kappa shape index (κ3) is 15.8. The Morgan fingerprint density at radius 2 is 0.984 bits per heavy atom. The van der Waals surface area contributed by atoms with Crippen LogP contribution in [0.2, 0.25) is 5.02 Å². The van der Waals surface area contributed by atoms with Crippen LogP contribution in [0.3, 0.4) is 0 Å². The molecule has 2 atom stereocenters. The topological polar surface area (TPSA) is 241 Å². The van der Waals surface area contributed by atoms with Crippen LogP contribution < -0.4 is 20.1 Å². The van der Waals surface area contributed by atoms with Crippen molar-refractivity contribution in [1.82, 2.24) is 19.2 Å². The Morgan fingerprint density at radius 3 is 1.34 bits per heavy atom. The third-order valence-electron chi connectivity index (χ3n) is 9.64. The number of hydrogen-bond acceptors (Lipinski definition) is 14. The third-order valence-corrected chi connectivity index (χ3v) is 12.9. The van der Waals surface area contributed by atoms with Crippen LogP contribution in [-0.2, 0) is 39.2 Å². The van der Waals surface area contributed by atoms with Crippen molar-refractivity contribution in [3.05, 3.63) is 71.2 Å². The van der Waals surface area contributed by atoms with Crippen LogP contribution in [0.4, 0.5) is 22.7 Å². The molecule has 0 heterocycles. The fraction of sp³-hybridized carbons (Fsp3) is 0.463. The number of halogens is 1. The molecular formula is C41H57ClN10O8S2. The van der Waals surface area contributed by atoms with Gasteiger partial charge in [-0.1, -0.05) is 39.3 Å². The smallest absolute Gasteiger partial charge is 0.258 e. The van der Waals surface area contributed by atoms with Crippen LogP contribution in [0.25, 0.3) is 0 Å². The molecule has 3 aromatic rings. The second kappa shape index (κ2) is 24.7. The summed E-state index contributed by atoms with van der Waals surface area (Å²) >= 11 is 6.47. The second-order valence-corrected chi connectivity index (χ2v) is 18.1. The highest BCUT2D eigenvalue weighted by Gasteiger charge is 2.26. The largest absolute Gasteiger partial charge is 0.323 e. The monoisotopic (exact) mass is 916 g/mol. The molecule has 0 aliphatic carbocycles. The van der Waals surface area contributed by atoms with Gasteiger partial charge in [0.2, 0.25) is 32.1 Å². The highest BCUT2D eigenvalue weighted by Crippen LogP contribution is 2.30. The van der Waals surface area contributed by atoms with Gasteiger partial charge in [0, 0.05) is 18.8 Å². The van der Waals surface area contributed by atoms with E-state index in [1.54, 1.807) is 6.92 Å². The molecule has 3 aromatic carbocycles. The maximum Gasteiger partial charge on any atom is 0.258 e. The molecular weight excluding hydrogens is 860 g/mol. The summed E-state index contributed by atoms with van der Waals surface area (Å²) in [6.07, 6.45) is 1.30. The van der Waals surface area contributed by atoms with Crippen molar-refractivity contribution in [2.24, 2.45) is 20.5 Å². The Labute approximate surface area is 369 Å². The minimum atomic E-state index is -3.77. The van der Waals surface area contributed by atoms with Gasteiger partial charge in [-0.25, -0.2) is 26.3 Å². The zero-order chi connectivity index (χ0) is 46.0. The van der Waals surface area contributed by atoms with Gasteiger partial charge in [0.15, 0.2) is 11.6 Å². The van der Waals surface area contributed by atoms with E-state index in [0.29, 0.717) is 18.4 Å². The van der Waals surface area contributed by atoms with E-state index in [4.69, 9.17) is 11.6 Å². The van der Waals surface area contributed by atoms with E-state index in [9.17, 15) is 36.0 Å². The number of benzene rings is 3. The number of nitrogens with one attached hydrogen (secondary N) is 4. The lowest BCUT2D eigenvalue weighted by Crippen LogP contribution is -2.32. The molecule has 18 nitrogen and oxygen atoms in total. The summed E-state index contributed by atoms with van der Waals surface area (Å²) in [7, 11) is -7.53. The van der Waals surface area contributed by atoms with Crippen molar-refractivity contribution in [2.45, 2.75) is 83.2 Å². The normalized spacial score (nSPS) is 13.2. The van der Waals surface area contributed by atoms with Crippen LogP contribution in [0.5, 0.6) is 0 Å². The van der Waals surface area contributed by atoms with Gasteiger partial charge in [0.25, 0.3) is 11.8 Å². The van der Waals surface area contributed by atoms with Crippen molar-refractivity contribution in [3.63, 3.8) is 0 Å². The summed E-state index contributed by atoms with van der Waals surface area (Å²) in [5.74, 6) is -2.92. The predicted octanol–water partition coefficient (Wildman–Crippen LogP) is 6.03. The van der Waals surface area contributed by atoms with E-state index in [0.717, 1.165) is 46.2 Å². The van der Waals surface area contributed by atoms with Gasteiger partial charge in [-0.3, -0.25) is 19.2 Å². The number of anilines is 2. The Morgan fingerprint density at radius 1 is 0.613 bits per heavy atom. The number of amides is 2. The average Bonchev–Trinajstić information content (AvgIpc) is 3.23. The van der Waals surface area contributed by atoms with Gasteiger partial charge in [-0.15, -0.1) is 0 Å². The van der Waals surface area contributed by atoms with Crippen LogP contribution in [0, 0.1) is 6.92 Å². The number of hydrogen-bond donors (Lipinski definition) is 4. The number of carbonyl (C=O) groups excluding carboxylic acids is 4. The first-order valence-corrected chi connectivity index (χ1v) is 23.6. The Hall–Kier alpha value is -4.83. The minimum Gasteiger partial charge on any atom is -0.323 e. The number of aryl methyl sites for hydroxylation is 1. The standard InChI is InChI=1S/C41H57ClN10O8S2/c1-8-51(9-2)24-12-22-43-61(57,58)33-18-14-31(15-19-33)47-49-38(29(6)53)40(55)45-36-27-35(42)37(26-28(36)5)46-41(56)39(30(7)54)50-48-32-16-20-34(21-17-32)62(59,60)44-23-13-25-52(10-3)11-4/h14-21,26-27,38-39,43-44H,8-13,22-25H2,1-7H3,(H,45,55)(H,46,56). The Kier molecular flexibility index (Phi) is 20.5. The van der Waals surface area contributed by atoms with Crippen LogP contribution >= 0.6 is 11.6 Å². The van der Waals surface area contributed by atoms with E-state index < -0.39 is 55.5 Å². The summed E-state index contributed by atoms with van der Waals surface area (Å²) in [4.78, 5) is 55.8. The Balaban J connectivity index is 1.63. The van der Waals surface area contributed by atoms with Crippen LogP contribution in [-0.4, -0.2) is 114 Å². The number of ketones is 2. The molecule has 0 fully saturated rings. The van der Waals surface area contributed by atoms with E-state index in [-0.39, 0.29) is 50.7 Å². The van der Waals surface area contributed by atoms with Crippen LogP contribution in [0.1, 0.15) is 59.9 Å². The van der Waals surface area contributed by atoms with Crippen molar-refractivity contribution in [3.8, 4) is 0 Å². The first-order valence-electron chi connectivity index (χ1n) is 20.2. The fourth-order valence-electron chi connectivity index (χ4n) is 5.85. The quantitative estimate of drug-likeness (QED) is 0.0414. The maximum absolute atomic E-state index is 13.2. The van der Waals surface area contributed by atoms with Crippen molar-refractivity contribution in [2.75, 3.05) is 63.0 Å². The SMILES string of the molecule is CCN(CC)CCCNS(=O)(=O)c1ccc(N=NC(C(C)=O)C(=O)Nc2cc(Cl)c(NC(=O)C(N=Nc3ccc(S(=O)(=O)NCCCN(CC)CC)cc3)C(C)=O)cc2C)cc1. The molecule has 3 rings (SSSR count). The van der Waals surface area contributed by atoms with Gasteiger partial charge in [-0.05, 0) is 139 Å². The Bertz CT molecular complexity index is 2120. The molecule has 0 radical (unpaired) electrons. The molecule has 0 aliphatic rings.